The van der Waals surface area contributed by atoms with Crippen LogP contribution < -0.4 is 5.73 Å². The summed E-state index contributed by atoms with van der Waals surface area (Å²) in [5, 5.41) is 0. The van der Waals surface area contributed by atoms with Crippen molar-refractivity contribution >= 4 is 11.3 Å². The van der Waals surface area contributed by atoms with E-state index in [1.165, 1.54) is 0 Å². The molecule has 1 aromatic rings. The predicted octanol–water partition coefficient (Wildman–Crippen LogP) is 1.57. The van der Waals surface area contributed by atoms with Gasteiger partial charge in [-0.1, -0.05) is 0 Å². The lowest BCUT2D eigenvalue weighted by atomic mass is 10.3. The summed E-state index contributed by atoms with van der Waals surface area (Å²) in [5.41, 5.74) is 7.62. The van der Waals surface area contributed by atoms with Crippen LogP contribution in [0.2, 0.25) is 0 Å². The van der Waals surface area contributed by atoms with E-state index >= 15 is 0 Å². The number of rotatable bonds is 4. The van der Waals surface area contributed by atoms with E-state index in [2.05, 4.69) is 4.98 Å². The van der Waals surface area contributed by atoms with Crippen molar-refractivity contribution in [3.8, 4) is 0 Å². The van der Waals surface area contributed by atoms with Crippen molar-refractivity contribution in [2.45, 2.75) is 26.0 Å². The average molecular weight is 186 g/mol. The maximum Gasteiger partial charge on any atom is 0.0794 e. The minimum atomic E-state index is -0.0279. The van der Waals surface area contributed by atoms with Crippen molar-refractivity contribution in [3.63, 3.8) is 0 Å². The second-order valence-electron chi connectivity index (χ2n) is 2.89. The van der Waals surface area contributed by atoms with Crippen LogP contribution in [0.1, 0.15) is 24.8 Å². The number of aromatic nitrogens is 1. The van der Waals surface area contributed by atoms with E-state index in [9.17, 15) is 0 Å². The SMILES string of the molecule is CC(C)OCC(N)c1cncs1. The van der Waals surface area contributed by atoms with Crippen LogP contribution in [0.15, 0.2) is 11.7 Å². The molecule has 0 amide bonds. The second kappa shape index (κ2) is 4.54. The normalized spacial score (nSPS) is 13.7. The van der Waals surface area contributed by atoms with Crippen molar-refractivity contribution in [2.24, 2.45) is 5.73 Å². The monoisotopic (exact) mass is 186 g/mol. The Balaban J connectivity index is 2.34. The molecule has 0 fully saturated rings. The molecule has 0 spiro atoms. The molecule has 4 heteroatoms. The number of hydrogen-bond donors (Lipinski definition) is 1. The van der Waals surface area contributed by atoms with E-state index < -0.39 is 0 Å². The van der Waals surface area contributed by atoms with Crippen LogP contribution in [0.5, 0.6) is 0 Å². The minimum absolute atomic E-state index is 0.0279. The van der Waals surface area contributed by atoms with Gasteiger partial charge in [0.25, 0.3) is 0 Å². The zero-order valence-electron chi connectivity index (χ0n) is 7.36. The standard InChI is InChI=1S/C8H14N2OS/c1-6(2)11-4-7(9)8-3-10-5-12-8/h3,5-7H,4,9H2,1-2H3. The molecular weight excluding hydrogens is 172 g/mol. The fourth-order valence-corrected chi connectivity index (χ4v) is 1.39. The molecule has 1 rings (SSSR count). The molecule has 0 aromatic carbocycles. The van der Waals surface area contributed by atoms with E-state index in [0.717, 1.165) is 4.88 Å². The van der Waals surface area contributed by atoms with Gasteiger partial charge in [-0.15, -0.1) is 11.3 Å². The molecule has 1 unspecified atom stereocenters. The van der Waals surface area contributed by atoms with Crippen LogP contribution in [0.4, 0.5) is 0 Å². The van der Waals surface area contributed by atoms with Gasteiger partial charge in [-0.3, -0.25) is 4.98 Å². The van der Waals surface area contributed by atoms with Crippen LogP contribution in [-0.4, -0.2) is 17.7 Å². The zero-order valence-corrected chi connectivity index (χ0v) is 8.17. The van der Waals surface area contributed by atoms with E-state index in [1.54, 1.807) is 23.0 Å². The predicted molar refractivity (Wildman–Crippen MR) is 50.1 cm³/mol. The number of ether oxygens (including phenoxy) is 1. The van der Waals surface area contributed by atoms with E-state index in [4.69, 9.17) is 10.5 Å². The first kappa shape index (κ1) is 9.64. The largest absolute Gasteiger partial charge is 0.377 e. The van der Waals surface area contributed by atoms with Crippen LogP contribution >= 0.6 is 11.3 Å². The summed E-state index contributed by atoms with van der Waals surface area (Å²) in [5.74, 6) is 0. The molecular formula is C8H14N2OS. The van der Waals surface area contributed by atoms with E-state index in [0.29, 0.717) is 6.61 Å². The summed E-state index contributed by atoms with van der Waals surface area (Å²) < 4.78 is 5.38. The Morgan fingerprint density at radius 1 is 1.67 bits per heavy atom. The molecule has 0 aliphatic heterocycles. The zero-order chi connectivity index (χ0) is 8.97. The summed E-state index contributed by atoms with van der Waals surface area (Å²) in [6.07, 6.45) is 2.03. The lowest BCUT2D eigenvalue weighted by Crippen LogP contribution is -2.18. The number of nitrogens with zero attached hydrogens (tertiary/aromatic N) is 1. The van der Waals surface area contributed by atoms with Crippen LogP contribution in [-0.2, 0) is 4.74 Å². The minimum Gasteiger partial charge on any atom is -0.377 e. The third kappa shape index (κ3) is 2.89. The molecule has 1 heterocycles. The number of thiazole rings is 1. The maximum absolute atomic E-state index is 5.83. The molecule has 2 N–H and O–H groups in total. The molecule has 0 saturated heterocycles. The summed E-state index contributed by atoms with van der Waals surface area (Å²) in [7, 11) is 0. The highest BCUT2D eigenvalue weighted by molar-refractivity contribution is 7.09. The Labute approximate surface area is 76.6 Å². The molecule has 0 radical (unpaired) electrons. The van der Waals surface area contributed by atoms with E-state index in [1.807, 2.05) is 13.8 Å². The molecule has 3 nitrogen and oxygen atoms in total. The highest BCUT2D eigenvalue weighted by Crippen LogP contribution is 2.14. The first-order valence-electron chi connectivity index (χ1n) is 3.95. The Morgan fingerprint density at radius 3 is 2.92 bits per heavy atom. The first-order valence-corrected chi connectivity index (χ1v) is 4.83. The van der Waals surface area contributed by atoms with Gasteiger partial charge in [0.1, 0.15) is 0 Å². The average Bonchev–Trinajstić information content (AvgIpc) is 2.51. The highest BCUT2D eigenvalue weighted by Gasteiger charge is 2.07. The number of nitrogens with two attached hydrogens (primary N) is 1. The molecule has 0 aliphatic rings. The fraction of sp³-hybridized carbons (Fsp3) is 0.625. The summed E-state index contributed by atoms with van der Waals surface area (Å²) >= 11 is 1.57. The van der Waals surface area contributed by atoms with Crippen molar-refractivity contribution in [3.05, 3.63) is 16.6 Å². The fourth-order valence-electron chi connectivity index (χ4n) is 0.787. The molecule has 0 bridgehead atoms. The van der Waals surface area contributed by atoms with Gasteiger partial charge >= 0.3 is 0 Å². The topological polar surface area (TPSA) is 48.1 Å². The van der Waals surface area contributed by atoms with Crippen molar-refractivity contribution in [2.75, 3.05) is 6.61 Å². The van der Waals surface area contributed by atoms with Crippen molar-refractivity contribution < 1.29 is 4.74 Å². The molecule has 1 aromatic heterocycles. The van der Waals surface area contributed by atoms with Gasteiger partial charge in [0.2, 0.25) is 0 Å². The van der Waals surface area contributed by atoms with Gasteiger partial charge in [-0.25, -0.2) is 0 Å². The van der Waals surface area contributed by atoms with Gasteiger partial charge in [0.05, 0.1) is 24.3 Å². The smallest absolute Gasteiger partial charge is 0.0794 e. The van der Waals surface area contributed by atoms with Crippen molar-refractivity contribution in [1.82, 2.24) is 4.98 Å². The lowest BCUT2D eigenvalue weighted by Gasteiger charge is -2.11. The third-order valence-electron chi connectivity index (χ3n) is 1.43. The molecule has 0 aliphatic carbocycles. The maximum atomic E-state index is 5.83. The molecule has 1 atom stereocenters. The van der Waals surface area contributed by atoms with Crippen molar-refractivity contribution in [1.29, 1.82) is 0 Å². The third-order valence-corrected chi connectivity index (χ3v) is 2.33. The number of hydrogen-bond acceptors (Lipinski definition) is 4. The summed E-state index contributed by atoms with van der Waals surface area (Å²) in [6.45, 7) is 4.57. The Morgan fingerprint density at radius 2 is 2.42 bits per heavy atom. The van der Waals surface area contributed by atoms with E-state index in [-0.39, 0.29) is 12.1 Å². The summed E-state index contributed by atoms with van der Waals surface area (Å²) in [6, 6.07) is -0.0279. The van der Waals surface area contributed by atoms with Gasteiger partial charge in [0, 0.05) is 11.1 Å². The molecule has 12 heavy (non-hydrogen) atoms. The quantitative estimate of drug-likeness (QED) is 0.776. The van der Waals surface area contributed by atoms with Crippen LogP contribution in [0.3, 0.4) is 0 Å². The van der Waals surface area contributed by atoms with Gasteiger partial charge in [-0.2, -0.15) is 0 Å². The summed E-state index contributed by atoms with van der Waals surface area (Å²) in [4.78, 5) is 5.03. The van der Waals surface area contributed by atoms with Crippen LogP contribution in [0, 0.1) is 0 Å². The first-order chi connectivity index (χ1) is 5.70. The molecule has 0 saturated carbocycles. The molecule has 68 valence electrons. The highest BCUT2D eigenvalue weighted by atomic mass is 32.1. The lowest BCUT2D eigenvalue weighted by molar-refractivity contribution is 0.0688. The Kier molecular flexibility index (Phi) is 3.65. The van der Waals surface area contributed by atoms with Gasteiger partial charge < -0.3 is 10.5 Å². The van der Waals surface area contributed by atoms with Crippen LogP contribution in [0.25, 0.3) is 0 Å². The Bertz CT molecular complexity index is 211. The van der Waals surface area contributed by atoms with Gasteiger partial charge in [-0.05, 0) is 13.8 Å². The van der Waals surface area contributed by atoms with Gasteiger partial charge in [0.15, 0.2) is 0 Å². The second-order valence-corrected chi connectivity index (χ2v) is 3.81. The Hall–Kier alpha value is -0.450.